The van der Waals surface area contributed by atoms with Crippen LogP contribution in [0.4, 0.5) is 4.79 Å². The molecule has 3 aromatic carbocycles. The van der Waals surface area contributed by atoms with Gasteiger partial charge in [-0.3, -0.25) is 24.4 Å². The van der Waals surface area contributed by atoms with Crippen LogP contribution in [-0.2, 0) is 10.3 Å². The second-order valence-corrected chi connectivity index (χ2v) is 8.50. The zero-order valence-electron chi connectivity index (χ0n) is 19.7. The Balaban J connectivity index is 1.40. The lowest BCUT2D eigenvalue weighted by molar-refractivity contribution is -0.133. The number of carbonyl (C=O) groups is 3. The summed E-state index contributed by atoms with van der Waals surface area (Å²) in [7, 11) is 0. The van der Waals surface area contributed by atoms with E-state index in [0.29, 0.717) is 39.4 Å². The van der Waals surface area contributed by atoms with Gasteiger partial charge in [-0.2, -0.15) is 5.01 Å². The molecule has 1 aliphatic heterocycles. The fraction of sp³-hybridized carbons (Fsp3) is 0.148. The molecule has 1 fully saturated rings. The molecule has 1 saturated heterocycles. The molecule has 0 saturated carbocycles. The van der Waals surface area contributed by atoms with Crippen LogP contribution in [0.3, 0.4) is 0 Å². The maximum atomic E-state index is 13.2. The number of benzene rings is 3. The molecule has 5 rings (SSSR count). The summed E-state index contributed by atoms with van der Waals surface area (Å²) in [5, 5.41) is 3.93. The summed E-state index contributed by atoms with van der Waals surface area (Å²) in [5.41, 5.74) is 2.94. The Hall–Kier alpha value is -4.79. The third-order valence-electron chi connectivity index (χ3n) is 6.43. The first-order valence-corrected chi connectivity index (χ1v) is 11.5. The molecule has 4 amide bonds. The van der Waals surface area contributed by atoms with Gasteiger partial charge >= 0.3 is 6.03 Å². The molecule has 1 aromatic heterocycles. The number of carbonyl (C=O) groups excluding carboxylic acids is 3. The molecule has 0 aliphatic carbocycles. The van der Waals surface area contributed by atoms with Gasteiger partial charge in [0.2, 0.25) is 0 Å². The highest BCUT2D eigenvalue weighted by molar-refractivity contribution is 6.09. The Labute approximate surface area is 206 Å². The standard InChI is InChI=1S/C27H23N5O4/c1-3-27(19-9-5-4-6-10-19)25(35)32(26(36)29-27)30-23(33)18-13-15-20(16-14-18)31-17(2)28-22-12-8-7-11-21(22)24(31)34/h4-16H,3H2,1-2H3,(H,29,36)(H,30,33). The van der Waals surface area contributed by atoms with Crippen LogP contribution in [0.1, 0.15) is 35.1 Å². The summed E-state index contributed by atoms with van der Waals surface area (Å²) in [5.74, 6) is -0.687. The van der Waals surface area contributed by atoms with Crippen molar-refractivity contribution < 1.29 is 14.4 Å². The lowest BCUT2D eigenvalue weighted by atomic mass is 9.87. The first-order valence-electron chi connectivity index (χ1n) is 11.5. The van der Waals surface area contributed by atoms with Gasteiger partial charge in [0.25, 0.3) is 17.4 Å². The first-order chi connectivity index (χ1) is 17.4. The minimum absolute atomic E-state index is 0.215. The highest BCUT2D eigenvalue weighted by atomic mass is 16.2. The van der Waals surface area contributed by atoms with Crippen LogP contribution in [0.25, 0.3) is 16.6 Å². The van der Waals surface area contributed by atoms with E-state index in [0.717, 1.165) is 0 Å². The van der Waals surface area contributed by atoms with Gasteiger partial charge in [-0.05, 0) is 55.3 Å². The number of fused-ring (bicyclic) bond motifs is 1. The second kappa shape index (κ2) is 8.77. The van der Waals surface area contributed by atoms with E-state index < -0.39 is 23.4 Å². The van der Waals surface area contributed by atoms with Crippen molar-refractivity contribution in [1.82, 2.24) is 25.3 Å². The number of imide groups is 1. The van der Waals surface area contributed by atoms with E-state index >= 15 is 0 Å². The Morgan fingerprint density at radius 2 is 1.61 bits per heavy atom. The van der Waals surface area contributed by atoms with Crippen molar-refractivity contribution in [3.8, 4) is 5.69 Å². The maximum Gasteiger partial charge on any atom is 0.344 e. The lowest BCUT2D eigenvalue weighted by Crippen LogP contribution is -2.48. The molecule has 2 N–H and O–H groups in total. The highest BCUT2D eigenvalue weighted by Crippen LogP contribution is 2.31. The van der Waals surface area contributed by atoms with Crippen LogP contribution in [-0.4, -0.2) is 32.4 Å². The molecule has 36 heavy (non-hydrogen) atoms. The average Bonchev–Trinajstić information content (AvgIpc) is 3.14. The van der Waals surface area contributed by atoms with Crippen LogP contribution < -0.4 is 16.3 Å². The van der Waals surface area contributed by atoms with Gasteiger partial charge in [0, 0.05) is 5.56 Å². The van der Waals surface area contributed by atoms with Crippen LogP contribution in [0.2, 0.25) is 0 Å². The van der Waals surface area contributed by atoms with Crippen LogP contribution >= 0.6 is 0 Å². The molecule has 180 valence electrons. The van der Waals surface area contributed by atoms with E-state index in [-0.39, 0.29) is 11.1 Å². The summed E-state index contributed by atoms with van der Waals surface area (Å²) >= 11 is 0. The van der Waals surface area contributed by atoms with Gasteiger partial charge in [-0.1, -0.05) is 49.4 Å². The van der Waals surface area contributed by atoms with Gasteiger partial charge in [0.05, 0.1) is 16.6 Å². The van der Waals surface area contributed by atoms with Gasteiger partial charge in [0.15, 0.2) is 0 Å². The monoisotopic (exact) mass is 481 g/mol. The molecule has 4 aromatic rings. The second-order valence-electron chi connectivity index (χ2n) is 8.50. The number of hydrazine groups is 1. The molecule has 0 radical (unpaired) electrons. The average molecular weight is 482 g/mol. The van der Waals surface area contributed by atoms with Crippen molar-refractivity contribution in [2.24, 2.45) is 0 Å². The molecule has 9 heteroatoms. The van der Waals surface area contributed by atoms with Crippen LogP contribution in [0.15, 0.2) is 83.7 Å². The van der Waals surface area contributed by atoms with Gasteiger partial charge in [-0.15, -0.1) is 0 Å². The number of rotatable bonds is 5. The first kappa shape index (κ1) is 23.0. The minimum Gasteiger partial charge on any atom is -0.318 e. The zero-order valence-corrected chi connectivity index (χ0v) is 19.7. The number of hydrogen-bond acceptors (Lipinski definition) is 5. The van der Waals surface area contributed by atoms with E-state index in [9.17, 15) is 19.2 Å². The van der Waals surface area contributed by atoms with E-state index in [4.69, 9.17) is 0 Å². The van der Waals surface area contributed by atoms with E-state index in [1.165, 1.54) is 16.7 Å². The van der Waals surface area contributed by atoms with Crippen molar-refractivity contribution in [1.29, 1.82) is 0 Å². The minimum atomic E-state index is -1.25. The molecule has 0 bridgehead atoms. The smallest absolute Gasteiger partial charge is 0.318 e. The van der Waals surface area contributed by atoms with Gasteiger partial charge in [0.1, 0.15) is 11.4 Å². The molecular formula is C27H23N5O4. The van der Waals surface area contributed by atoms with Crippen molar-refractivity contribution in [2.45, 2.75) is 25.8 Å². The Morgan fingerprint density at radius 3 is 2.31 bits per heavy atom. The molecule has 2 heterocycles. The van der Waals surface area contributed by atoms with Crippen LogP contribution in [0.5, 0.6) is 0 Å². The van der Waals surface area contributed by atoms with Crippen molar-refractivity contribution in [2.75, 3.05) is 0 Å². The largest absolute Gasteiger partial charge is 0.344 e. The maximum absolute atomic E-state index is 13.2. The van der Waals surface area contributed by atoms with Gasteiger partial charge < -0.3 is 5.32 Å². The SMILES string of the molecule is CCC1(c2ccccc2)NC(=O)N(NC(=O)c2ccc(-n3c(C)nc4ccccc4c3=O)cc2)C1=O. The topological polar surface area (TPSA) is 113 Å². The van der Waals surface area contributed by atoms with E-state index in [2.05, 4.69) is 15.7 Å². The summed E-state index contributed by atoms with van der Waals surface area (Å²) in [6.07, 6.45) is 0.316. The third kappa shape index (κ3) is 3.61. The predicted molar refractivity (Wildman–Crippen MR) is 133 cm³/mol. The number of hydrogen-bond donors (Lipinski definition) is 2. The number of nitrogens with zero attached hydrogens (tertiary/aromatic N) is 3. The summed E-state index contributed by atoms with van der Waals surface area (Å²) < 4.78 is 1.47. The van der Waals surface area contributed by atoms with E-state index in [1.807, 2.05) is 12.1 Å². The summed E-state index contributed by atoms with van der Waals surface area (Å²) in [6, 6.07) is 21.6. The Kier molecular flexibility index (Phi) is 5.60. The molecule has 1 unspecified atom stereocenters. The third-order valence-corrected chi connectivity index (χ3v) is 6.43. The number of urea groups is 1. The fourth-order valence-corrected chi connectivity index (χ4v) is 4.51. The summed E-state index contributed by atoms with van der Waals surface area (Å²) in [4.78, 5) is 56.3. The Morgan fingerprint density at radius 1 is 0.944 bits per heavy atom. The number of aromatic nitrogens is 2. The van der Waals surface area contributed by atoms with Gasteiger partial charge in [-0.25, -0.2) is 9.78 Å². The van der Waals surface area contributed by atoms with Crippen molar-refractivity contribution in [3.63, 3.8) is 0 Å². The number of nitrogens with one attached hydrogen (secondary N) is 2. The molecule has 1 aliphatic rings. The van der Waals surface area contributed by atoms with Crippen LogP contribution in [0, 0.1) is 6.92 Å². The van der Waals surface area contributed by atoms with Crippen molar-refractivity contribution >= 4 is 28.7 Å². The molecule has 0 spiro atoms. The van der Waals surface area contributed by atoms with Crippen molar-refractivity contribution in [3.05, 3.63) is 106 Å². The lowest BCUT2D eigenvalue weighted by Gasteiger charge is -2.25. The summed E-state index contributed by atoms with van der Waals surface area (Å²) in [6.45, 7) is 3.53. The normalized spacial score (nSPS) is 17.3. The number of aryl methyl sites for hydroxylation is 1. The number of para-hydroxylation sites is 1. The quantitative estimate of drug-likeness (QED) is 0.425. The fourth-order valence-electron chi connectivity index (χ4n) is 4.51. The zero-order chi connectivity index (χ0) is 25.4. The molecule has 9 nitrogen and oxygen atoms in total. The van der Waals surface area contributed by atoms with E-state index in [1.54, 1.807) is 68.4 Å². The number of amides is 4. The highest BCUT2D eigenvalue weighted by Gasteiger charge is 2.52. The molecular weight excluding hydrogens is 458 g/mol. The molecule has 1 atom stereocenters. The predicted octanol–water partition coefficient (Wildman–Crippen LogP) is 3.20. The Bertz CT molecular complexity index is 1560.